The minimum atomic E-state index is -4.96. The zero-order chi connectivity index (χ0) is 73.8. The van der Waals surface area contributed by atoms with E-state index in [4.69, 9.17) is 37.0 Å². The van der Waals surface area contributed by atoms with Crippen LogP contribution < -0.4 is 0 Å². The number of ether oxygens (including phenoxy) is 4. The quantitative estimate of drug-likeness (QED) is 0.0222. The third kappa shape index (κ3) is 74.3. The molecule has 0 aliphatic heterocycles. The van der Waals surface area contributed by atoms with Gasteiger partial charge in [-0.2, -0.15) is 0 Å². The Labute approximate surface area is 613 Å². The Bertz CT molecular complexity index is 1950. The summed E-state index contributed by atoms with van der Waals surface area (Å²) in [6.45, 7) is 14.2. The van der Waals surface area contributed by atoms with Gasteiger partial charge < -0.3 is 33.8 Å². The van der Waals surface area contributed by atoms with E-state index >= 15 is 0 Å². The van der Waals surface area contributed by atoms with E-state index in [2.05, 4.69) is 55.4 Å². The molecular formula is C81H158O17P2. The molecule has 0 aliphatic rings. The average molecular weight is 1470 g/mol. The molecule has 5 atom stereocenters. The van der Waals surface area contributed by atoms with Crippen LogP contribution in [0.15, 0.2) is 0 Å². The minimum absolute atomic E-state index is 0.106. The first-order valence-corrected chi connectivity index (χ1v) is 44.7. The van der Waals surface area contributed by atoms with Gasteiger partial charge in [0.25, 0.3) is 0 Å². The monoisotopic (exact) mass is 1470 g/mol. The van der Waals surface area contributed by atoms with E-state index in [1.54, 1.807) is 0 Å². The van der Waals surface area contributed by atoms with Gasteiger partial charge >= 0.3 is 39.5 Å². The normalized spacial score (nSPS) is 14.0. The minimum Gasteiger partial charge on any atom is -0.462 e. The Kier molecular flexibility index (Phi) is 68.7. The van der Waals surface area contributed by atoms with Gasteiger partial charge in [-0.25, -0.2) is 9.13 Å². The highest BCUT2D eigenvalue weighted by molar-refractivity contribution is 7.47. The number of carbonyl (C=O) groups is 4. The molecule has 2 unspecified atom stereocenters. The molecule has 0 bridgehead atoms. The van der Waals surface area contributed by atoms with Gasteiger partial charge in [-0.15, -0.1) is 0 Å². The summed E-state index contributed by atoms with van der Waals surface area (Å²) in [5, 5.41) is 10.6. The van der Waals surface area contributed by atoms with Crippen LogP contribution in [0.5, 0.6) is 0 Å². The molecule has 0 aromatic carbocycles. The fraction of sp³-hybridized carbons (Fsp3) is 0.951. The second kappa shape index (κ2) is 70.1. The molecule has 0 aromatic rings. The first kappa shape index (κ1) is 98.1. The van der Waals surface area contributed by atoms with Crippen LogP contribution in [-0.4, -0.2) is 96.7 Å². The van der Waals surface area contributed by atoms with Gasteiger partial charge in [-0.05, 0) is 49.4 Å². The van der Waals surface area contributed by atoms with Crippen molar-refractivity contribution in [2.45, 2.75) is 433 Å². The summed E-state index contributed by atoms with van der Waals surface area (Å²) in [6.07, 6.45) is 57.1. The van der Waals surface area contributed by atoms with E-state index < -0.39 is 97.5 Å². The van der Waals surface area contributed by atoms with E-state index in [0.717, 1.165) is 114 Å². The van der Waals surface area contributed by atoms with Gasteiger partial charge in [-0.1, -0.05) is 364 Å². The molecule has 0 aromatic heterocycles. The van der Waals surface area contributed by atoms with Crippen molar-refractivity contribution in [3.63, 3.8) is 0 Å². The van der Waals surface area contributed by atoms with Crippen LogP contribution in [0.3, 0.4) is 0 Å². The van der Waals surface area contributed by atoms with Crippen molar-refractivity contribution in [2.75, 3.05) is 39.6 Å². The van der Waals surface area contributed by atoms with E-state index in [1.807, 2.05) is 0 Å². The topological polar surface area (TPSA) is 237 Å². The number of phosphoric ester groups is 2. The zero-order valence-corrected chi connectivity index (χ0v) is 67.6. The van der Waals surface area contributed by atoms with Crippen LogP contribution in [0, 0.1) is 23.7 Å². The van der Waals surface area contributed by atoms with Gasteiger partial charge in [0.05, 0.1) is 26.4 Å². The zero-order valence-electron chi connectivity index (χ0n) is 65.8. The smallest absolute Gasteiger partial charge is 0.462 e. The van der Waals surface area contributed by atoms with Crippen molar-refractivity contribution in [2.24, 2.45) is 23.7 Å². The molecular weight excluding hydrogens is 1310 g/mol. The van der Waals surface area contributed by atoms with Crippen molar-refractivity contribution in [1.82, 2.24) is 0 Å². The predicted molar refractivity (Wildman–Crippen MR) is 409 cm³/mol. The van der Waals surface area contributed by atoms with Gasteiger partial charge in [-0.3, -0.25) is 37.3 Å². The molecule has 0 rings (SSSR count). The maximum absolute atomic E-state index is 13.1. The summed E-state index contributed by atoms with van der Waals surface area (Å²) in [4.78, 5) is 73.0. The second-order valence-corrected chi connectivity index (χ2v) is 34.0. The molecule has 17 nitrogen and oxygen atoms in total. The number of carbonyl (C=O) groups excluding carboxylic acids is 4. The average Bonchev–Trinajstić information content (AvgIpc) is 0.952. The molecule has 3 N–H and O–H groups in total. The summed E-state index contributed by atoms with van der Waals surface area (Å²) >= 11 is 0. The maximum Gasteiger partial charge on any atom is 0.472 e. The Hall–Kier alpha value is -1.94. The number of rotatable bonds is 78. The van der Waals surface area contributed by atoms with Crippen LogP contribution >= 0.6 is 15.6 Å². The molecule has 594 valence electrons. The summed E-state index contributed by atoms with van der Waals surface area (Å²) in [5.74, 6) is 0.937. The molecule has 0 saturated carbocycles. The van der Waals surface area contributed by atoms with Gasteiger partial charge in [0.15, 0.2) is 12.2 Å². The maximum atomic E-state index is 13.1. The lowest BCUT2D eigenvalue weighted by Gasteiger charge is -2.21. The Morgan fingerprint density at radius 2 is 0.420 bits per heavy atom. The largest absolute Gasteiger partial charge is 0.472 e. The number of unbranched alkanes of at least 4 members (excludes halogenated alkanes) is 44. The lowest BCUT2D eigenvalue weighted by molar-refractivity contribution is -0.161. The molecule has 0 saturated heterocycles. The molecule has 0 fully saturated rings. The third-order valence-corrected chi connectivity index (χ3v) is 20.7. The van der Waals surface area contributed by atoms with Crippen molar-refractivity contribution >= 4 is 39.5 Å². The highest BCUT2D eigenvalue weighted by atomic mass is 31.2. The summed E-state index contributed by atoms with van der Waals surface area (Å²) in [6, 6.07) is 0. The lowest BCUT2D eigenvalue weighted by Crippen LogP contribution is -2.30. The Morgan fingerprint density at radius 3 is 0.620 bits per heavy atom. The van der Waals surface area contributed by atoms with Crippen LogP contribution in [0.4, 0.5) is 0 Å². The molecule has 100 heavy (non-hydrogen) atoms. The molecule has 0 heterocycles. The number of esters is 4. The lowest BCUT2D eigenvalue weighted by atomic mass is 10.0. The first-order chi connectivity index (χ1) is 48.1. The van der Waals surface area contributed by atoms with Crippen molar-refractivity contribution < 1.29 is 80.2 Å². The predicted octanol–water partition coefficient (Wildman–Crippen LogP) is 24.0. The number of aliphatic hydroxyl groups excluding tert-OH is 1. The van der Waals surface area contributed by atoms with Gasteiger partial charge in [0.1, 0.15) is 19.3 Å². The second-order valence-electron chi connectivity index (χ2n) is 31.1. The SMILES string of the molecule is CC(C)CCCCCCCCCCCCCCCCCCCCC(=O)O[C@H](COC(=O)CCCCCCCCCCCCC(C)C)COP(=O)(O)OC[C@@H](O)COP(=O)(O)OC[C@@H](COC(=O)CCCCCCCCC(C)C)OC(=O)CCCCCCCCCCCCCCCCC(C)C. The molecule has 0 spiro atoms. The highest BCUT2D eigenvalue weighted by Gasteiger charge is 2.30. The van der Waals surface area contributed by atoms with E-state index in [1.165, 1.54) is 212 Å². The number of hydrogen-bond donors (Lipinski definition) is 3. The number of hydrogen-bond acceptors (Lipinski definition) is 15. The Morgan fingerprint density at radius 1 is 0.250 bits per heavy atom. The standard InChI is InChI=1S/C81H158O17P2/c1-71(2)57-49-41-33-27-21-17-13-11-9-10-12-14-19-23-31-37-47-55-63-80(85)97-76(67-91-78(83)61-53-45-36-30-26-25-29-35-43-51-59-73(5)6)69-95-99(87,88)93-65-75(82)66-94-100(89,90)96-70-77(68-92-79(84)62-54-46-40-39-44-52-60-74(7)8)98-81(86)64-56-48-38-32-24-20-16-15-18-22-28-34-42-50-58-72(3)4/h71-77,82H,9-70H2,1-8H3,(H,87,88)(H,89,90)/t75-,76-,77-/m1/s1. The fourth-order valence-corrected chi connectivity index (χ4v) is 14.0. The van der Waals surface area contributed by atoms with E-state index in [9.17, 15) is 43.2 Å². The van der Waals surface area contributed by atoms with Crippen molar-refractivity contribution in [3.05, 3.63) is 0 Å². The van der Waals surface area contributed by atoms with Crippen LogP contribution in [-0.2, 0) is 65.4 Å². The van der Waals surface area contributed by atoms with E-state index in [-0.39, 0.29) is 25.7 Å². The van der Waals surface area contributed by atoms with Crippen molar-refractivity contribution in [1.29, 1.82) is 0 Å². The summed E-state index contributed by atoms with van der Waals surface area (Å²) in [5.41, 5.74) is 0. The number of phosphoric acid groups is 2. The number of aliphatic hydroxyl groups is 1. The van der Waals surface area contributed by atoms with Crippen LogP contribution in [0.1, 0.15) is 415 Å². The summed E-state index contributed by atoms with van der Waals surface area (Å²) < 4.78 is 68.7. The van der Waals surface area contributed by atoms with E-state index in [0.29, 0.717) is 31.6 Å². The van der Waals surface area contributed by atoms with Crippen LogP contribution in [0.2, 0.25) is 0 Å². The third-order valence-electron chi connectivity index (χ3n) is 18.8. The molecule has 0 amide bonds. The Balaban J connectivity index is 5.20. The first-order valence-electron chi connectivity index (χ1n) is 41.7. The molecule has 19 heteroatoms. The van der Waals surface area contributed by atoms with Crippen molar-refractivity contribution in [3.8, 4) is 0 Å². The summed E-state index contributed by atoms with van der Waals surface area (Å²) in [7, 11) is -9.92. The molecule has 0 aliphatic carbocycles. The van der Waals surface area contributed by atoms with Crippen LogP contribution in [0.25, 0.3) is 0 Å². The van der Waals surface area contributed by atoms with Gasteiger partial charge in [0, 0.05) is 25.7 Å². The highest BCUT2D eigenvalue weighted by Crippen LogP contribution is 2.45. The van der Waals surface area contributed by atoms with Gasteiger partial charge in [0.2, 0.25) is 0 Å². The fourth-order valence-electron chi connectivity index (χ4n) is 12.4. The molecule has 0 radical (unpaired) electrons.